The van der Waals surface area contributed by atoms with Gasteiger partial charge in [0.1, 0.15) is 0 Å². The van der Waals surface area contributed by atoms with Crippen molar-refractivity contribution in [1.29, 1.82) is 0 Å². The van der Waals surface area contributed by atoms with E-state index in [-0.39, 0.29) is 0 Å². The second kappa shape index (κ2) is 4.43. The van der Waals surface area contributed by atoms with E-state index in [9.17, 15) is 5.11 Å². The van der Waals surface area contributed by atoms with Gasteiger partial charge in [-0.3, -0.25) is 0 Å². The summed E-state index contributed by atoms with van der Waals surface area (Å²) in [6, 6.07) is 0. The molecule has 1 aliphatic heterocycles. The summed E-state index contributed by atoms with van der Waals surface area (Å²) in [6.45, 7) is 7.91. The highest BCUT2D eigenvalue weighted by Crippen LogP contribution is 2.30. The normalized spacial score (nSPS) is 27.9. The highest BCUT2D eigenvalue weighted by Gasteiger charge is 2.34. The van der Waals surface area contributed by atoms with Crippen molar-refractivity contribution in [3.63, 3.8) is 0 Å². The maximum Gasteiger partial charge on any atom is 0.0670 e. The Morgan fingerprint density at radius 3 is 2.69 bits per heavy atom. The first kappa shape index (κ1) is 11.0. The first-order valence-corrected chi connectivity index (χ1v) is 5.32. The summed E-state index contributed by atoms with van der Waals surface area (Å²) in [4.78, 5) is 0. The molecular formula is C11H22O2. The molecule has 0 aromatic rings. The summed E-state index contributed by atoms with van der Waals surface area (Å²) in [5, 5.41) is 10.2. The zero-order valence-corrected chi connectivity index (χ0v) is 9.05. The van der Waals surface area contributed by atoms with Crippen LogP contribution < -0.4 is 0 Å². The van der Waals surface area contributed by atoms with Crippen LogP contribution in [0.15, 0.2) is 0 Å². The third kappa shape index (κ3) is 3.28. The highest BCUT2D eigenvalue weighted by atomic mass is 16.5. The lowest BCUT2D eigenvalue weighted by Gasteiger charge is -2.29. The minimum absolute atomic E-state index is 0.353. The van der Waals surface area contributed by atoms with E-state index in [1.165, 1.54) is 0 Å². The number of aliphatic hydroxyl groups is 1. The van der Waals surface area contributed by atoms with E-state index in [2.05, 4.69) is 13.8 Å². The molecule has 1 fully saturated rings. The van der Waals surface area contributed by atoms with Gasteiger partial charge in [-0.15, -0.1) is 0 Å². The zero-order valence-electron chi connectivity index (χ0n) is 9.05. The number of hydrogen-bond donors (Lipinski definition) is 1. The summed E-state index contributed by atoms with van der Waals surface area (Å²) in [5.74, 6) is 1.03. The van der Waals surface area contributed by atoms with Crippen molar-refractivity contribution in [3.05, 3.63) is 0 Å². The largest absolute Gasteiger partial charge is 0.390 e. The predicted molar refractivity (Wildman–Crippen MR) is 53.6 cm³/mol. The number of ether oxygens (including phenoxy) is 1. The summed E-state index contributed by atoms with van der Waals surface area (Å²) < 4.78 is 5.29. The average Bonchev–Trinajstić information content (AvgIpc) is 2.53. The molecule has 1 aliphatic rings. The van der Waals surface area contributed by atoms with Crippen LogP contribution in [0.5, 0.6) is 0 Å². The average molecular weight is 186 g/mol. The molecule has 1 N–H and O–H groups in total. The molecule has 78 valence electrons. The topological polar surface area (TPSA) is 29.5 Å². The van der Waals surface area contributed by atoms with E-state index < -0.39 is 5.60 Å². The number of rotatable bonds is 4. The molecule has 0 radical (unpaired) electrons. The lowest BCUT2D eigenvalue weighted by Crippen LogP contribution is -2.35. The van der Waals surface area contributed by atoms with E-state index >= 15 is 0 Å². The Hall–Kier alpha value is -0.0800. The Morgan fingerprint density at radius 1 is 1.54 bits per heavy atom. The molecule has 2 nitrogen and oxygen atoms in total. The van der Waals surface area contributed by atoms with Gasteiger partial charge in [0, 0.05) is 12.5 Å². The quantitative estimate of drug-likeness (QED) is 0.729. The third-order valence-corrected chi connectivity index (χ3v) is 3.04. The van der Waals surface area contributed by atoms with Crippen LogP contribution in [0.1, 0.15) is 40.0 Å². The maximum atomic E-state index is 10.2. The summed E-state index contributed by atoms with van der Waals surface area (Å²) in [6.07, 6.45) is 3.02. The molecule has 1 saturated heterocycles. The Morgan fingerprint density at radius 2 is 2.23 bits per heavy atom. The van der Waals surface area contributed by atoms with Gasteiger partial charge in [-0.1, -0.05) is 13.8 Å². The molecule has 0 saturated carbocycles. The van der Waals surface area contributed by atoms with Gasteiger partial charge >= 0.3 is 0 Å². The van der Waals surface area contributed by atoms with Gasteiger partial charge in [0.15, 0.2) is 0 Å². The van der Waals surface area contributed by atoms with Crippen molar-refractivity contribution < 1.29 is 9.84 Å². The lowest BCUT2D eigenvalue weighted by atomic mass is 9.83. The van der Waals surface area contributed by atoms with Gasteiger partial charge in [0.05, 0.1) is 12.2 Å². The van der Waals surface area contributed by atoms with Crippen LogP contribution >= 0.6 is 0 Å². The molecule has 0 aliphatic carbocycles. The Bertz CT molecular complexity index is 146. The van der Waals surface area contributed by atoms with Crippen molar-refractivity contribution in [3.8, 4) is 0 Å². The van der Waals surface area contributed by atoms with Crippen LogP contribution in [0, 0.1) is 11.8 Å². The molecule has 2 unspecified atom stereocenters. The van der Waals surface area contributed by atoms with E-state index in [0.29, 0.717) is 11.8 Å². The molecule has 0 bridgehead atoms. The smallest absolute Gasteiger partial charge is 0.0670 e. The minimum atomic E-state index is -0.513. The monoisotopic (exact) mass is 186 g/mol. The molecule has 0 aromatic heterocycles. The van der Waals surface area contributed by atoms with Gasteiger partial charge in [-0.05, 0) is 32.1 Å². The first-order chi connectivity index (χ1) is 6.02. The van der Waals surface area contributed by atoms with Gasteiger partial charge in [-0.25, -0.2) is 0 Å². The van der Waals surface area contributed by atoms with Crippen LogP contribution in [-0.4, -0.2) is 23.9 Å². The van der Waals surface area contributed by atoms with Crippen LogP contribution in [-0.2, 0) is 4.74 Å². The van der Waals surface area contributed by atoms with Crippen molar-refractivity contribution in [2.45, 2.75) is 45.6 Å². The van der Waals surface area contributed by atoms with Crippen LogP contribution in [0.3, 0.4) is 0 Å². The molecular weight excluding hydrogens is 164 g/mol. The van der Waals surface area contributed by atoms with E-state index in [1.807, 2.05) is 6.92 Å². The van der Waals surface area contributed by atoms with Crippen molar-refractivity contribution in [2.24, 2.45) is 11.8 Å². The van der Waals surface area contributed by atoms with Gasteiger partial charge in [0.2, 0.25) is 0 Å². The number of hydrogen-bond acceptors (Lipinski definition) is 2. The first-order valence-electron chi connectivity index (χ1n) is 5.32. The molecule has 1 rings (SSSR count). The molecule has 2 heteroatoms. The molecule has 0 amide bonds. The summed E-state index contributed by atoms with van der Waals surface area (Å²) >= 11 is 0. The van der Waals surface area contributed by atoms with E-state index in [4.69, 9.17) is 4.74 Å². The van der Waals surface area contributed by atoms with Crippen LogP contribution in [0.25, 0.3) is 0 Å². The van der Waals surface area contributed by atoms with Gasteiger partial charge in [0.25, 0.3) is 0 Å². The fourth-order valence-electron chi connectivity index (χ4n) is 1.81. The lowest BCUT2D eigenvalue weighted by molar-refractivity contribution is -0.0161. The molecule has 13 heavy (non-hydrogen) atoms. The van der Waals surface area contributed by atoms with Crippen LogP contribution in [0.4, 0.5) is 0 Å². The maximum absolute atomic E-state index is 10.2. The second-order valence-corrected chi connectivity index (χ2v) is 4.85. The summed E-state index contributed by atoms with van der Waals surface area (Å²) in [5.41, 5.74) is -0.513. The van der Waals surface area contributed by atoms with Crippen molar-refractivity contribution >= 4 is 0 Å². The Balaban J connectivity index is 2.35. The molecule has 0 aromatic carbocycles. The minimum Gasteiger partial charge on any atom is -0.390 e. The van der Waals surface area contributed by atoms with Gasteiger partial charge < -0.3 is 9.84 Å². The third-order valence-electron chi connectivity index (χ3n) is 3.04. The predicted octanol–water partition coefficient (Wildman–Crippen LogP) is 2.21. The van der Waals surface area contributed by atoms with Crippen molar-refractivity contribution in [2.75, 3.05) is 13.2 Å². The van der Waals surface area contributed by atoms with Crippen LogP contribution in [0.2, 0.25) is 0 Å². The Kier molecular flexibility index (Phi) is 3.74. The van der Waals surface area contributed by atoms with E-state index in [0.717, 1.165) is 32.5 Å². The summed E-state index contributed by atoms with van der Waals surface area (Å²) in [7, 11) is 0. The highest BCUT2D eigenvalue weighted by molar-refractivity contribution is 4.84. The standard InChI is InChI=1S/C11H22O2/c1-9(2)4-6-11(3,12)10-5-7-13-8-10/h9-10,12H,4-8H2,1-3H3. The Labute approximate surface area is 81.3 Å². The zero-order chi connectivity index (χ0) is 9.90. The molecule has 0 spiro atoms. The SMILES string of the molecule is CC(C)CCC(C)(O)C1CCOC1. The molecule has 2 atom stereocenters. The van der Waals surface area contributed by atoms with Gasteiger partial charge in [-0.2, -0.15) is 0 Å². The van der Waals surface area contributed by atoms with Crippen molar-refractivity contribution in [1.82, 2.24) is 0 Å². The fraction of sp³-hybridized carbons (Fsp3) is 1.00. The second-order valence-electron chi connectivity index (χ2n) is 4.85. The molecule has 1 heterocycles. The fourth-order valence-corrected chi connectivity index (χ4v) is 1.81. The van der Waals surface area contributed by atoms with E-state index in [1.54, 1.807) is 0 Å².